The second-order valence-electron chi connectivity index (χ2n) is 4.21. The number of nitrogens with zero attached hydrogens (tertiary/aromatic N) is 1. The lowest BCUT2D eigenvalue weighted by molar-refractivity contribution is -0.137. The van der Waals surface area contributed by atoms with E-state index >= 15 is 0 Å². The van der Waals surface area contributed by atoms with Gasteiger partial charge in [0.25, 0.3) is 11.8 Å². The van der Waals surface area contributed by atoms with E-state index in [1.54, 1.807) is 0 Å². The molecule has 0 spiro atoms. The molecule has 0 aromatic carbocycles. The fraction of sp³-hybridized carbons (Fsp3) is 0.385. The third kappa shape index (κ3) is 5.47. The van der Waals surface area contributed by atoms with Crippen LogP contribution in [-0.4, -0.2) is 53.6 Å². The van der Waals surface area contributed by atoms with Crippen LogP contribution in [0.5, 0.6) is 0 Å². The van der Waals surface area contributed by atoms with Gasteiger partial charge in [-0.25, -0.2) is 9.59 Å². The first-order valence-electron chi connectivity index (χ1n) is 6.26. The van der Waals surface area contributed by atoms with Crippen LogP contribution >= 0.6 is 0 Å². The molecule has 2 N–H and O–H groups in total. The highest BCUT2D eigenvalue weighted by Gasteiger charge is 2.22. The van der Waals surface area contributed by atoms with Crippen molar-refractivity contribution in [3.05, 3.63) is 23.8 Å². The Balaban J connectivity index is 2.15. The van der Waals surface area contributed by atoms with Crippen molar-refractivity contribution in [1.82, 2.24) is 10.2 Å². The fourth-order valence-electron chi connectivity index (χ4n) is 1.48. The highest BCUT2D eigenvalue weighted by atomic mass is 16.5. The van der Waals surface area contributed by atoms with Crippen molar-refractivity contribution in [2.45, 2.75) is 13.3 Å². The van der Waals surface area contributed by atoms with E-state index in [9.17, 15) is 19.2 Å². The van der Waals surface area contributed by atoms with Crippen LogP contribution in [0.15, 0.2) is 23.8 Å². The molecule has 3 amide bonds. The zero-order chi connectivity index (χ0) is 15.8. The van der Waals surface area contributed by atoms with Crippen LogP contribution in [-0.2, 0) is 19.1 Å². The topological polar surface area (TPSA) is 113 Å². The second-order valence-corrected chi connectivity index (χ2v) is 4.21. The van der Waals surface area contributed by atoms with Crippen molar-refractivity contribution in [2.24, 2.45) is 0 Å². The van der Waals surface area contributed by atoms with Gasteiger partial charge in [-0.15, -0.1) is 0 Å². The Hall–Kier alpha value is -2.64. The van der Waals surface area contributed by atoms with Gasteiger partial charge in [0, 0.05) is 24.3 Å². The predicted molar refractivity (Wildman–Crippen MR) is 71.2 cm³/mol. The van der Waals surface area contributed by atoms with E-state index in [0.717, 1.165) is 17.1 Å². The third-order valence-electron chi connectivity index (χ3n) is 2.65. The van der Waals surface area contributed by atoms with E-state index in [1.165, 1.54) is 13.0 Å². The molecule has 0 aromatic heterocycles. The number of carboxylic acid groups (broad SMARTS) is 1. The Morgan fingerprint density at radius 2 is 1.95 bits per heavy atom. The van der Waals surface area contributed by atoms with Gasteiger partial charge in [-0.05, 0) is 13.3 Å². The summed E-state index contributed by atoms with van der Waals surface area (Å²) < 4.78 is 4.79. The van der Waals surface area contributed by atoms with Crippen LogP contribution in [0, 0.1) is 0 Å². The Morgan fingerprint density at radius 3 is 2.52 bits per heavy atom. The van der Waals surface area contributed by atoms with Crippen LogP contribution in [0.3, 0.4) is 0 Å². The maximum Gasteiger partial charge on any atom is 0.407 e. The van der Waals surface area contributed by atoms with Crippen LogP contribution in [0.2, 0.25) is 0 Å². The van der Waals surface area contributed by atoms with Gasteiger partial charge < -0.3 is 15.2 Å². The molecule has 8 nitrogen and oxygen atoms in total. The number of carbonyl (C=O) groups excluding carboxylic acids is 3. The van der Waals surface area contributed by atoms with Crippen LogP contribution in [0.4, 0.5) is 4.79 Å². The number of hydrogen-bond donors (Lipinski definition) is 2. The van der Waals surface area contributed by atoms with Gasteiger partial charge in [-0.1, -0.05) is 6.08 Å². The Kier molecular flexibility index (Phi) is 6.12. The van der Waals surface area contributed by atoms with Crippen LogP contribution < -0.4 is 5.32 Å². The van der Waals surface area contributed by atoms with Crippen molar-refractivity contribution in [2.75, 3.05) is 19.7 Å². The Labute approximate surface area is 121 Å². The molecule has 0 bridgehead atoms. The van der Waals surface area contributed by atoms with Gasteiger partial charge in [-0.3, -0.25) is 14.5 Å². The van der Waals surface area contributed by atoms with Gasteiger partial charge in [0.15, 0.2) is 0 Å². The quantitative estimate of drug-likeness (QED) is 0.390. The maximum atomic E-state index is 11.3. The first-order chi connectivity index (χ1) is 9.91. The lowest BCUT2D eigenvalue weighted by Gasteiger charge is -2.13. The number of ether oxygens (including phenoxy) is 1. The largest absolute Gasteiger partial charge is 0.478 e. The number of nitrogens with one attached hydrogen (secondary N) is 1. The molecule has 1 aliphatic heterocycles. The fourth-order valence-corrected chi connectivity index (χ4v) is 1.48. The summed E-state index contributed by atoms with van der Waals surface area (Å²) in [5.74, 6) is -1.87. The number of hydrogen-bond acceptors (Lipinski definition) is 5. The van der Waals surface area contributed by atoms with Gasteiger partial charge in [0.2, 0.25) is 0 Å². The third-order valence-corrected chi connectivity index (χ3v) is 2.65. The zero-order valence-electron chi connectivity index (χ0n) is 11.5. The lowest BCUT2D eigenvalue weighted by atomic mass is 10.2. The summed E-state index contributed by atoms with van der Waals surface area (Å²) in [7, 11) is 0. The Morgan fingerprint density at radius 1 is 1.33 bits per heavy atom. The number of carbonyl (C=O) groups is 4. The number of amides is 3. The van der Waals surface area contributed by atoms with E-state index in [1.807, 2.05) is 0 Å². The molecule has 21 heavy (non-hydrogen) atoms. The summed E-state index contributed by atoms with van der Waals surface area (Å²) in [6, 6.07) is 0. The molecule has 1 aliphatic rings. The first-order valence-corrected chi connectivity index (χ1v) is 6.26. The summed E-state index contributed by atoms with van der Waals surface area (Å²) in [4.78, 5) is 45.1. The lowest BCUT2D eigenvalue weighted by Crippen LogP contribution is -2.35. The molecule has 0 saturated heterocycles. The molecule has 114 valence electrons. The second kappa shape index (κ2) is 7.83. The Bertz CT molecular complexity index is 491. The molecule has 0 saturated carbocycles. The van der Waals surface area contributed by atoms with Gasteiger partial charge in [0.1, 0.15) is 6.61 Å². The standard InChI is InChI=1S/C13H16N2O6/c1-9(12(18)19)3-2-6-14-13(20)21-8-7-15-10(16)4-5-11(15)17/h3-5H,2,6-8H2,1H3,(H,14,20)(H,18,19)/b9-3+. The molecular formula is C13H16N2O6. The highest BCUT2D eigenvalue weighted by molar-refractivity contribution is 6.12. The number of aliphatic carboxylic acids is 1. The van der Waals surface area contributed by atoms with E-state index in [2.05, 4.69) is 5.32 Å². The average Bonchev–Trinajstić information content (AvgIpc) is 2.74. The molecule has 0 atom stereocenters. The van der Waals surface area contributed by atoms with E-state index in [4.69, 9.17) is 9.84 Å². The number of alkyl carbamates (subject to hydrolysis) is 1. The van der Waals surface area contributed by atoms with Crippen LogP contribution in [0.1, 0.15) is 13.3 Å². The molecule has 0 unspecified atom stereocenters. The minimum absolute atomic E-state index is 0.00386. The van der Waals surface area contributed by atoms with E-state index < -0.39 is 23.9 Å². The van der Waals surface area contributed by atoms with E-state index in [-0.39, 0.29) is 25.3 Å². The molecular weight excluding hydrogens is 280 g/mol. The molecule has 0 aliphatic carbocycles. The molecule has 0 aromatic rings. The first kappa shape index (κ1) is 16.4. The van der Waals surface area contributed by atoms with Crippen molar-refractivity contribution in [1.29, 1.82) is 0 Å². The maximum absolute atomic E-state index is 11.3. The minimum Gasteiger partial charge on any atom is -0.478 e. The smallest absolute Gasteiger partial charge is 0.407 e. The number of rotatable bonds is 7. The van der Waals surface area contributed by atoms with Crippen molar-refractivity contribution in [3.63, 3.8) is 0 Å². The zero-order valence-corrected chi connectivity index (χ0v) is 11.5. The predicted octanol–water partition coefficient (Wildman–Crippen LogP) is 0.0586. The molecule has 1 rings (SSSR count). The SMILES string of the molecule is C/C(=C\CCNC(=O)OCCN1C(=O)C=CC1=O)C(=O)O. The number of carboxylic acids is 1. The molecule has 8 heteroatoms. The monoisotopic (exact) mass is 296 g/mol. The summed E-state index contributed by atoms with van der Waals surface area (Å²) >= 11 is 0. The normalized spacial score (nSPS) is 14.5. The highest BCUT2D eigenvalue weighted by Crippen LogP contribution is 2.02. The average molecular weight is 296 g/mol. The van der Waals surface area contributed by atoms with Crippen molar-refractivity contribution in [3.8, 4) is 0 Å². The van der Waals surface area contributed by atoms with E-state index in [0.29, 0.717) is 6.42 Å². The summed E-state index contributed by atoms with van der Waals surface area (Å²) in [6.45, 7) is 1.58. The van der Waals surface area contributed by atoms with Crippen LogP contribution in [0.25, 0.3) is 0 Å². The summed E-state index contributed by atoms with van der Waals surface area (Å²) in [5, 5.41) is 11.0. The summed E-state index contributed by atoms with van der Waals surface area (Å²) in [5.41, 5.74) is 0.198. The minimum atomic E-state index is -1.01. The van der Waals surface area contributed by atoms with Gasteiger partial charge in [0.05, 0.1) is 6.54 Å². The molecule has 0 fully saturated rings. The molecule has 0 radical (unpaired) electrons. The van der Waals surface area contributed by atoms with Gasteiger partial charge in [-0.2, -0.15) is 0 Å². The summed E-state index contributed by atoms with van der Waals surface area (Å²) in [6.07, 6.45) is 3.46. The molecule has 1 heterocycles. The van der Waals surface area contributed by atoms with Gasteiger partial charge >= 0.3 is 12.1 Å². The van der Waals surface area contributed by atoms with Crippen molar-refractivity contribution < 1.29 is 29.0 Å². The number of imide groups is 1. The van der Waals surface area contributed by atoms with Crippen molar-refractivity contribution >= 4 is 23.9 Å².